The van der Waals surface area contributed by atoms with Crippen molar-refractivity contribution in [2.24, 2.45) is 11.3 Å². The molecule has 4 heterocycles. The normalized spacial score (nSPS) is 19.6. The van der Waals surface area contributed by atoms with Crippen LogP contribution in [0.5, 0.6) is 5.75 Å². The number of hydrogen-bond acceptors (Lipinski definition) is 7. The quantitative estimate of drug-likeness (QED) is 0.434. The molecule has 2 saturated heterocycles. The molecular formula is C25H26F6N4O7. The van der Waals surface area contributed by atoms with Gasteiger partial charge in [0.05, 0.1) is 23.8 Å². The van der Waals surface area contributed by atoms with Gasteiger partial charge in [0.25, 0.3) is 5.91 Å². The molecule has 0 saturated carbocycles. The van der Waals surface area contributed by atoms with E-state index in [0.29, 0.717) is 44.0 Å². The van der Waals surface area contributed by atoms with Crippen LogP contribution in [0.1, 0.15) is 29.4 Å². The van der Waals surface area contributed by atoms with Crippen LogP contribution in [-0.4, -0.2) is 87.4 Å². The van der Waals surface area contributed by atoms with E-state index in [0.717, 1.165) is 12.1 Å². The van der Waals surface area contributed by atoms with E-state index in [-0.39, 0.29) is 17.7 Å². The van der Waals surface area contributed by atoms with Crippen LogP contribution < -0.4 is 10.1 Å². The Morgan fingerprint density at radius 3 is 2.17 bits per heavy atom. The van der Waals surface area contributed by atoms with E-state index in [1.807, 2.05) is 31.2 Å². The number of nitrogens with one attached hydrogen (secondary N) is 1. The van der Waals surface area contributed by atoms with Crippen LogP contribution in [0, 0.1) is 11.3 Å². The summed E-state index contributed by atoms with van der Waals surface area (Å²) >= 11 is 0. The molecule has 2 aromatic heterocycles. The van der Waals surface area contributed by atoms with Crippen LogP contribution in [-0.2, 0) is 20.8 Å². The third-order valence-corrected chi connectivity index (χ3v) is 6.34. The van der Waals surface area contributed by atoms with E-state index in [1.165, 1.54) is 0 Å². The van der Waals surface area contributed by atoms with E-state index in [9.17, 15) is 35.9 Å². The number of halogens is 6. The first-order valence-electron chi connectivity index (χ1n) is 12.2. The van der Waals surface area contributed by atoms with E-state index in [4.69, 9.17) is 24.5 Å². The maximum Gasteiger partial charge on any atom is 0.490 e. The molecule has 4 rings (SSSR count). The third-order valence-electron chi connectivity index (χ3n) is 6.34. The lowest BCUT2D eigenvalue weighted by Crippen LogP contribution is -2.41. The molecule has 2 aliphatic heterocycles. The van der Waals surface area contributed by atoms with Gasteiger partial charge < -0.3 is 25.2 Å². The van der Waals surface area contributed by atoms with Crippen molar-refractivity contribution < 1.29 is 60.5 Å². The number of likely N-dealkylation sites (tertiary alicyclic amines) is 1. The summed E-state index contributed by atoms with van der Waals surface area (Å²) in [6.07, 6.45) is -3.71. The number of nitrogens with zero attached hydrogens (tertiary/aromatic N) is 3. The first-order valence-corrected chi connectivity index (χ1v) is 12.2. The van der Waals surface area contributed by atoms with Crippen molar-refractivity contribution in [2.75, 3.05) is 26.2 Å². The topological polar surface area (TPSA) is 159 Å². The smallest absolute Gasteiger partial charge is 0.490 e. The van der Waals surface area contributed by atoms with Gasteiger partial charge in [0.1, 0.15) is 5.75 Å². The summed E-state index contributed by atoms with van der Waals surface area (Å²) in [5, 5.41) is 17.2. The number of hydrogen-bond donors (Lipinski definition) is 3. The van der Waals surface area contributed by atoms with Crippen LogP contribution in [0.2, 0.25) is 0 Å². The molecule has 11 nitrogen and oxygen atoms in total. The Bertz CT molecular complexity index is 1220. The van der Waals surface area contributed by atoms with E-state index in [1.54, 1.807) is 23.5 Å². The van der Waals surface area contributed by atoms with Gasteiger partial charge in [-0.1, -0.05) is 6.92 Å². The van der Waals surface area contributed by atoms with E-state index in [2.05, 4.69) is 15.3 Å². The van der Waals surface area contributed by atoms with Crippen LogP contribution in [0.4, 0.5) is 26.3 Å². The predicted octanol–water partition coefficient (Wildman–Crippen LogP) is 2.96. The number of pyridine rings is 2. The first-order chi connectivity index (χ1) is 19.5. The number of ether oxygens (including phenoxy) is 1. The van der Waals surface area contributed by atoms with E-state index < -0.39 is 29.7 Å². The largest absolute Gasteiger partial charge is 0.492 e. The fourth-order valence-corrected chi connectivity index (χ4v) is 4.09. The molecular weight excluding hydrogens is 582 g/mol. The van der Waals surface area contributed by atoms with Gasteiger partial charge in [0.2, 0.25) is 5.91 Å². The van der Waals surface area contributed by atoms with Crippen molar-refractivity contribution in [3.8, 4) is 5.75 Å². The molecule has 0 radical (unpaired) electrons. The van der Waals surface area contributed by atoms with Gasteiger partial charge in [-0.2, -0.15) is 26.3 Å². The molecule has 2 aliphatic rings. The summed E-state index contributed by atoms with van der Waals surface area (Å²) < 4.78 is 69.3. The van der Waals surface area contributed by atoms with Crippen LogP contribution in [0.25, 0.3) is 0 Å². The summed E-state index contributed by atoms with van der Waals surface area (Å²) in [6, 6.07) is 7.36. The summed E-state index contributed by atoms with van der Waals surface area (Å²) in [5.41, 5.74) is 0.933. The number of alkyl halides is 6. The highest BCUT2D eigenvalue weighted by Gasteiger charge is 2.55. The second-order valence-electron chi connectivity index (χ2n) is 9.04. The highest BCUT2D eigenvalue weighted by Crippen LogP contribution is 2.42. The van der Waals surface area contributed by atoms with Crippen molar-refractivity contribution in [1.82, 2.24) is 20.2 Å². The van der Waals surface area contributed by atoms with Crippen LogP contribution in [0.15, 0.2) is 42.9 Å². The van der Waals surface area contributed by atoms with Crippen LogP contribution in [0.3, 0.4) is 0 Å². The Kier molecular flexibility index (Phi) is 11.2. The number of aliphatic carboxylic acids is 2. The molecule has 17 heteroatoms. The molecule has 0 aromatic carbocycles. The van der Waals surface area contributed by atoms with Gasteiger partial charge >= 0.3 is 24.3 Å². The first kappa shape index (κ1) is 33.8. The Hall–Kier alpha value is -4.44. The van der Waals surface area contributed by atoms with Crippen molar-refractivity contribution >= 4 is 23.8 Å². The second kappa shape index (κ2) is 14.0. The zero-order valence-corrected chi connectivity index (χ0v) is 21.9. The number of carbonyl (C=O) groups is 4. The Morgan fingerprint density at radius 1 is 1.07 bits per heavy atom. The average Bonchev–Trinajstić information content (AvgIpc) is 3.51. The molecule has 0 aliphatic carbocycles. The summed E-state index contributed by atoms with van der Waals surface area (Å²) in [6.45, 7) is 3.98. The predicted molar refractivity (Wildman–Crippen MR) is 130 cm³/mol. The highest BCUT2D eigenvalue weighted by molar-refractivity contribution is 5.95. The lowest BCUT2D eigenvalue weighted by atomic mass is 9.77. The molecule has 42 heavy (non-hydrogen) atoms. The molecule has 2 aromatic rings. The standard InChI is InChI=1S/C21H24N4O3.2C2HF3O2/c1-2-17-6-5-15(10-23-17)19(26)25-9-7-21(14-25)16(11-24-20(21)27)13-28-18-4-3-8-22-12-18;2*3-2(4,5)1(6)7/h3-6,8,10,12,16H,2,7,9,11,13-14H2,1H3,(H,24,27);2*(H,6,7)/t16-,21+;;/m0../s1. The molecule has 3 N–H and O–H groups in total. The van der Waals surface area contributed by atoms with Gasteiger partial charge in [0, 0.05) is 43.6 Å². The number of aryl methyl sites for hydroxylation is 1. The van der Waals surface area contributed by atoms with E-state index >= 15 is 0 Å². The Morgan fingerprint density at radius 2 is 1.69 bits per heavy atom. The molecule has 230 valence electrons. The lowest BCUT2D eigenvalue weighted by Gasteiger charge is -2.28. The SMILES string of the molecule is CCc1ccc(C(=O)N2CC[C@]3(C2)C(=O)NC[C@H]3COc2cccnc2)cn1.O=C(O)C(F)(F)F.O=C(O)C(F)(F)F. The van der Waals surface area contributed by atoms with Crippen LogP contribution >= 0.6 is 0 Å². The number of amides is 2. The lowest BCUT2D eigenvalue weighted by molar-refractivity contribution is -0.193. The van der Waals surface area contributed by atoms with Gasteiger partial charge in [0.15, 0.2) is 0 Å². The Balaban J connectivity index is 0.000000367. The molecule has 2 fully saturated rings. The fourth-order valence-electron chi connectivity index (χ4n) is 4.09. The number of aromatic nitrogens is 2. The monoisotopic (exact) mass is 608 g/mol. The molecule has 0 bridgehead atoms. The summed E-state index contributed by atoms with van der Waals surface area (Å²) in [5.74, 6) is -4.87. The minimum Gasteiger partial charge on any atom is -0.492 e. The second-order valence-corrected chi connectivity index (χ2v) is 9.04. The maximum atomic E-state index is 12.9. The van der Waals surface area contributed by atoms with Gasteiger partial charge in [-0.15, -0.1) is 0 Å². The number of rotatable bonds is 5. The number of carboxylic acid groups (broad SMARTS) is 2. The van der Waals surface area contributed by atoms with Crippen molar-refractivity contribution in [3.63, 3.8) is 0 Å². The fraction of sp³-hybridized carbons (Fsp3) is 0.440. The minimum atomic E-state index is -5.08. The van der Waals surface area contributed by atoms with Crippen molar-refractivity contribution in [2.45, 2.75) is 32.1 Å². The summed E-state index contributed by atoms with van der Waals surface area (Å²) in [4.78, 5) is 53.5. The van der Waals surface area contributed by atoms with Crippen molar-refractivity contribution in [3.05, 3.63) is 54.1 Å². The van der Waals surface area contributed by atoms with Gasteiger partial charge in [-0.05, 0) is 37.1 Å². The zero-order valence-electron chi connectivity index (χ0n) is 21.9. The molecule has 1 spiro atoms. The van der Waals surface area contributed by atoms with Gasteiger partial charge in [-0.3, -0.25) is 19.6 Å². The highest BCUT2D eigenvalue weighted by atomic mass is 19.4. The molecule has 2 amide bonds. The molecule has 2 atom stereocenters. The molecule has 0 unspecified atom stereocenters. The Labute approximate surface area is 234 Å². The van der Waals surface area contributed by atoms with Gasteiger partial charge in [-0.25, -0.2) is 9.59 Å². The number of carboxylic acids is 2. The third kappa shape index (κ3) is 9.04. The number of carbonyl (C=O) groups excluding carboxylic acids is 2. The average molecular weight is 608 g/mol. The zero-order chi connectivity index (χ0) is 31.7. The maximum absolute atomic E-state index is 12.9. The minimum absolute atomic E-state index is 0.0126. The summed E-state index contributed by atoms with van der Waals surface area (Å²) in [7, 11) is 0. The van der Waals surface area contributed by atoms with Crippen molar-refractivity contribution in [1.29, 1.82) is 0 Å².